The summed E-state index contributed by atoms with van der Waals surface area (Å²) in [5, 5.41) is 2.51. The summed E-state index contributed by atoms with van der Waals surface area (Å²) < 4.78 is 32.6. The Labute approximate surface area is 150 Å². The lowest BCUT2D eigenvalue weighted by molar-refractivity contribution is 0.101. The maximum Gasteiger partial charge on any atom is 0.261 e. The molecule has 132 valence electrons. The van der Waals surface area contributed by atoms with Crippen LogP contribution < -0.4 is 10.1 Å². The van der Waals surface area contributed by atoms with Gasteiger partial charge in [0.25, 0.3) is 5.91 Å². The number of ether oxygens (including phenoxy) is 1. The van der Waals surface area contributed by atoms with Crippen LogP contribution in [0, 0.1) is 18.6 Å². The van der Waals surface area contributed by atoms with E-state index in [1.54, 1.807) is 19.2 Å². The number of benzene rings is 3. The largest absolute Gasteiger partial charge is 0.497 e. The highest BCUT2D eigenvalue weighted by Gasteiger charge is 2.17. The van der Waals surface area contributed by atoms with E-state index in [0.717, 1.165) is 34.6 Å². The Morgan fingerprint density at radius 2 is 1.62 bits per heavy atom. The molecule has 1 N–H and O–H groups in total. The predicted octanol–water partition coefficient (Wildman–Crippen LogP) is 5.20. The minimum atomic E-state index is -0.897. The highest BCUT2D eigenvalue weighted by atomic mass is 19.1. The quantitative estimate of drug-likeness (QED) is 0.700. The number of methoxy groups -OCH3 is 1. The summed E-state index contributed by atoms with van der Waals surface area (Å²) in [5.41, 5.74) is 2.87. The van der Waals surface area contributed by atoms with Crippen LogP contribution in [0.2, 0.25) is 0 Å². The molecule has 0 fully saturated rings. The molecule has 0 aliphatic carbocycles. The van der Waals surface area contributed by atoms with Crippen molar-refractivity contribution < 1.29 is 18.3 Å². The molecule has 1 amide bonds. The van der Waals surface area contributed by atoms with Gasteiger partial charge in [0.2, 0.25) is 0 Å². The van der Waals surface area contributed by atoms with Crippen LogP contribution in [0.25, 0.3) is 11.1 Å². The Morgan fingerprint density at radius 1 is 0.962 bits per heavy atom. The van der Waals surface area contributed by atoms with E-state index in [-0.39, 0.29) is 0 Å². The molecule has 0 aliphatic rings. The molecule has 0 radical (unpaired) electrons. The number of aryl methyl sites for hydroxylation is 1. The molecular weight excluding hydrogens is 336 g/mol. The highest BCUT2D eigenvalue weighted by molar-refractivity contribution is 6.04. The minimum absolute atomic E-state index is 0.446. The molecule has 5 heteroatoms. The van der Waals surface area contributed by atoms with Crippen molar-refractivity contribution in [3.63, 3.8) is 0 Å². The molecule has 0 saturated heterocycles. The summed E-state index contributed by atoms with van der Waals surface area (Å²) in [5.74, 6) is -1.87. The summed E-state index contributed by atoms with van der Waals surface area (Å²) in [7, 11) is 1.61. The zero-order chi connectivity index (χ0) is 18.7. The molecular formula is C21H17F2NO2. The van der Waals surface area contributed by atoms with Crippen LogP contribution in [0.1, 0.15) is 15.9 Å². The number of hydrogen-bond acceptors (Lipinski definition) is 2. The molecule has 3 nitrogen and oxygen atoms in total. The maximum absolute atomic E-state index is 13.7. The molecule has 3 aromatic carbocycles. The van der Waals surface area contributed by atoms with Crippen LogP contribution >= 0.6 is 0 Å². The Bertz CT molecular complexity index is 932. The fourth-order valence-electron chi connectivity index (χ4n) is 2.68. The molecule has 0 aromatic heterocycles. The van der Waals surface area contributed by atoms with E-state index in [0.29, 0.717) is 5.69 Å². The van der Waals surface area contributed by atoms with Crippen LogP contribution in [0.15, 0.2) is 60.7 Å². The van der Waals surface area contributed by atoms with Crippen molar-refractivity contribution in [2.24, 2.45) is 0 Å². The normalized spacial score (nSPS) is 10.5. The fraction of sp³-hybridized carbons (Fsp3) is 0.0952. The monoisotopic (exact) mass is 353 g/mol. The summed E-state index contributed by atoms with van der Waals surface area (Å²) in [6, 6.07) is 16.1. The van der Waals surface area contributed by atoms with Crippen molar-refractivity contribution in [1.82, 2.24) is 0 Å². The van der Waals surface area contributed by atoms with E-state index >= 15 is 0 Å². The van der Waals surface area contributed by atoms with E-state index in [1.807, 2.05) is 37.3 Å². The average Bonchev–Trinajstić information content (AvgIpc) is 2.63. The first-order valence-corrected chi connectivity index (χ1v) is 8.00. The minimum Gasteiger partial charge on any atom is -0.497 e. The zero-order valence-corrected chi connectivity index (χ0v) is 14.3. The Hall–Kier alpha value is -3.21. The number of rotatable bonds is 4. The van der Waals surface area contributed by atoms with Crippen molar-refractivity contribution in [2.45, 2.75) is 6.92 Å². The van der Waals surface area contributed by atoms with Crippen LogP contribution in [0.5, 0.6) is 5.75 Å². The Balaban J connectivity index is 1.83. The second-order valence-corrected chi connectivity index (χ2v) is 5.81. The number of anilines is 1. The summed E-state index contributed by atoms with van der Waals surface area (Å²) >= 11 is 0. The molecule has 0 aliphatic heterocycles. The van der Waals surface area contributed by atoms with Crippen LogP contribution in [-0.2, 0) is 0 Å². The van der Waals surface area contributed by atoms with Crippen LogP contribution in [-0.4, -0.2) is 13.0 Å². The van der Waals surface area contributed by atoms with Gasteiger partial charge < -0.3 is 10.1 Å². The van der Waals surface area contributed by atoms with Crippen molar-refractivity contribution in [3.8, 4) is 16.9 Å². The highest BCUT2D eigenvalue weighted by Crippen LogP contribution is 2.28. The Kier molecular flexibility index (Phi) is 4.98. The third-order valence-electron chi connectivity index (χ3n) is 4.09. The standard InChI is InChI=1S/C21H17F2NO2/c1-13-6-11-16(26-2)12-17(13)14-7-9-15(10-8-14)24-21(25)20-18(22)4-3-5-19(20)23/h3-12H,1-2H3,(H,24,25). The molecule has 3 rings (SSSR count). The number of amides is 1. The van der Waals surface area contributed by atoms with Gasteiger partial charge in [-0.15, -0.1) is 0 Å². The van der Waals surface area contributed by atoms with Crippen molar-refractivity contribution in [1.29, 1.82) is 0 Å². The second kappa shape index (κ2) is 7.35. The maximum atomic E-state index is 13.7. The molecule has 0 bridgehead atoms. The lowest BCUT2D eigenvalue weighted by Crippen LogP contribution is -2.15. The number of halogens is 2. The smallest absolute Gasteiger partial charge is 0.261 e. The molecule has 0 heterocycles. The van der Waals surface area contributed by atoms with Crippen molar-refractivity contribution in [2.75, 3.05) is 12.4 Å². The number of carbonyl (C=O) groups is 1. The predicted molar refractivity (Wildman–Crippen MR) is 97.5 cm³/mol. The van der Waals surface area contributed by atoms with Crippen LogP contribution in [0.4, 0.5) is 14.5 Å². The van der Waals surface area contributed by atoms with Crippen molar-refractivity contribution in [3.05, 3.63) is 83.4 Å². The lowest BCUT2D eigenvalue weighted by Gasteiger charge is -2.11. The Morgan fingerprint density at radius 3 is 2.23 bits per heavy atom. The van der Waals surface area contributed by atoms with Gasteiger partial charge in [0.05, 0.1) is 7.11 Å². The van der Waals surface area contributed by atoms with E-state index < -0.39 is 23.1 Å². The average molecular weight is 353 g/mol. The van der Waals surface area contributed by atoms with E-state index in [2.05, 4.69) is 5.32 Å². The van der Waals surface area contributed by atoms with Crippen molar-refractivity contribution >= 4 is 11.6 Å². The van der Waals surface area contributed by atoms with Crippen LogP contribution in [0.3, 0.4) is 0 Å². The topological polar surface area (TPSA) is 38.3 Å². The SMILES string of the molecule is COc1ccc(C)c(-c2ccc(NC(=O)c3c(F)cccc3F)cc2)c1. The van der Waals surface area contributed by atoms with Gasteiger partial charge in [0, 0.05) is 5.69 Å². The molecule has 0 atom stereocenters. The summed E-state index contributed by atoms with van der Waals surface area (Å²) in [6.45, 7) is 1.99. The van der Waals surface area contributed by atoms with Gasteiger partial charge >= 0.3 is 0 Å². The first-order chi connectivity index (χ1) is 12.5. The number of carbonyl (C=O) groups excluding carboxylic acids is 1. The first-order valence-electron chi connectivity index (χ1n) is 8.00. The van der Waals surface area contributed by atoms with Gasteiger partial charge in [-0.2, -0.15) is 0 Å². The summed E-state index contributed by atoms with van der Waals surface area (Å²) in [6.07, 6.45) is 0. The third kappa shape index (κ3) is 3.57. The third-order valence-corrected chi connectivity index (χ3v) is 4.09. The van der Waals surface area contributed by atoms with Gasteiger partial charge in [-0.25, -0.2) is 8.78 Å². The lowest BCUT2D eigenvalue weighted by atomic mass is 10.00. The van der Waals surface area contributed by atoms with Gasteiger partial charge in [-0.3, -0.25) is 4.79 Å². The van der Waals surface area contributed by atoms with E-state index in [4.69, 9.17) is 4.74 Å². The second-order valence-electron chi connectivity index (χ2n) is 5.81. The van der Waals surface area contributed by atoms with Gasteiger partial charge in [-0.05, 0) is 60.0 Å². The van der Waals surface area contributed by atoms with Gasteiger partial charge in [0.1, 0.15) is 22.9 Å². The molecule has 0 unspecified atom stereocenters. The molecule has 0 saturated carbocycles. The molecule has 0 spiro atoms. The van der Waals surface area contributed by atoms with Gasteiger partial charge in [-0.1, -0.05) is 24.3 Å². The van der Waals surface area contributed by atoms with Gasteiger partial charge in [0.15, 0.2) is 0 Å². The van der Waals surface area contributed by atoms with E-state index in [9.17, 15) is 13.6 Å². The first kappa shape index (κ1) is 17.6. The summed E-state index contributed by atoms with van der Waals surface area (Å²) in [4.78, 5) is 12.1. The molecule has 3 aromatic rings. The van der Waals surface area contributed by atoms with E-state index in [1.165, 1.54) is 6.07 Å². The molecule has 26 heavy (non-hydrogen) atoms. The zero-order valence-electron chi connectivity index (χ0n) is 14.3. The number of nitrogens with one attached hydrogen (secondary N) is 1. The fourth-order valence-corrected chi connectivity index (χ4v) is 2.68. The number of hydrogen-bond donors (Lipinski definition) is 1.